The summed E-state index contributed by atoms with van der Waals surface area (Å²) in [4.78, 5) is 38.2. The van der Waals surface area contributed by atoms with Crippen LogP contribution in [0.1, 0.15) is 26.3 Å². The van der Waals surface area contributed by atoms with Crippen LogP contribution in [0.2, 0.25) is 0 Å². The number of ether oxygens (including phenoxy) is 1. The van der Waals surface area contributed by atoms with E-state index in [1.54, 1.807) is 21.9 Å². The molecule has 40 heavy (non-hydrogen) atoms. The van der Waals surface area contributed by atoms with Crippen LogP contribution in [0, 0.1) is 0 Å². The molecule has 1 fully saturated rings. The molecule has 1 aliphatic heterocycles. The topological polar surface area (TPSA) is 97.5 Å². The van der Waals surface area contributed by atoms with E-state index < -0.39 is 0 Å². The fourth-order valence-electron chi connectivity index (χ4n) is 4.90. The van der Waals surface area contributed by atoms with Gasteiger partial charge in [0.15, 0.2) is 5.65 Å². The van der Waals surface area contributed by atoms with Crippen molar-refractivity contribution in [3.8, 4) is 5.69 Å². The Morgan fingerprint density at radius 2 is 1.80 bits per heavy atom. The Bertz CT molecular complexity index is 1590. The third kappa shape index (κ3) is 5.29. The Hall–Kier alpha value is -4.60. The van der Waals surface area contributed by atoms with E-state index in [9.17, 15) is 9.59 Å². The third-order valence-corrected chi connectivity index (χ3v) is 7.14. The Kier molecular flexibility index (Phi) is 7.34. The molecule has 10 nitrogen and oxygen atoms in total. The maximum absolute atomic E-state index is 13.3. The molecule has 10 heteroatoms. The lowest BCUT2D eigenvalue weighted by atomic mass is 9.87. The molecule has 1 aliphatic rings. The van der Waals surface area contributed by atoms with Gasteiger partial charge in [-0.15, -0.1) is 6.58 Å². The lowest BCUT2D eigenvalue weighted by Gasteiger charge is -2.35. The van der Waals surface area contributed by atoms with Crippen molar-refractivity contribution >= 4 is 34.4 Å². The second-order valence-electron chi connectivity index (χ2n) is 10.8. The molecule has 2 aromatic carbocycles. The summed E-state index contributed by atoms with van der Waals surface area (Å²) in [6.07, 6.45) is 2.99. The molecule has 0 saturated carbocycles. The summed E-state index contributed by atoms with van der Waals surface area (Å²) in [6.45, 7) is 13.4. The standard InChI is InChI=1S/C30H35N7O3/c1-6-14-36-27(38)25-20-31-28(33-26(25)37(36)24-9-7-8-21(19-24)30(2,3)4)32-22-10-12-23(13-11-22)34-15-17-35(18-16-34)29(39)40-5/h6-13,19-20H,1,14-18H2,2-5H3,(H,31,32,33). The number of nitrogens with zero attached hydrogens (tertiary/aromatic N) is 6. The van der Waals surface area contributed by atoms with Crippen LogP contribution in [0.25, 0.3) is 16.7 Å². The zero-order valence-electron chi connectivity index (χ0n) is 23.4. The monoisotopic (exact) mass is 541 g/mol. The smallest absolute Gasteiger partial charge is 0.409 e. The quantitative estimate of drug-likeness (QED) is 0.354. The van der Waals surface area contributed by atoms with E-state index in [4.69, 9.17) is 9.72 Å². The minimum atomic E-state index is -0.289. The molecule has 4 aromatic rings. The molecule has 0 radical (unpaired) electrons. The Labute approximate surface area is 233 Å². The summed E-state index contributed by atoms with van der Waals surface area (Å²) >= 11 is 0. The van der Waals surface area contributed by atoms with Crippen LogP contribution in [-0.2, 0) is 16.7 Å². The van der Waals surface area contributed by atoms with Crippen molar-refractivity contribution in [1.82, 2.24) is 24.2 Å². The van der Waals surface area contributed by atoms with Gasteiger partial charge in [-0.05, 0) is 47.4 Å². The summed E-state index contributed by atoms with van der Waals surface area (Å²) in [6, 6.07) is 16.2. The van der Waals surface area contributed by atoms with Crippen LogP contribution in [0.4, 0.5) is 22.1 Å². The SMILES string of the molecule is C=CCn1c(=O)c2cnc(Nc3ccc(N4CCN(C(=O)OC)CC4)cc3)nc2n1-c1cccc(C(C)(C)C)c1. The van der Waals surface area contributed by atoms with E-state index in [2.05, 4.69) is 54.7 Å². The van der Waals surface area contributed by atoms with Gasteiger partial charge in [0.05, 0.1) is 19.3 Å². The van der Waals surface area contributed by atoms with Crippen molar-refractivity contribution in [1.29, 1.82) is 0 Å². The number of allylic oxidation sites excluding steroid dienone is 1. The highest BCUT2D eigenvalue weighted by Crippen LogP contribution is 2.26. The van der Waals surface area contributed by atoms with Crippen LogP contribution in [0.5, 0.6) is 0 Å². The number of aromatic nitrogens is 4. The highest BCUT2D eigenvalue weighted by atomic mass is 16.5. The molecule has 1 saturated heterocycles. The first-order valence-electron chi connectivity index (χ1n) is 13.3. The van der Waals surface area contributed by atoms with Gasteiger partial charge in [-0.3, -0.25) is 4.79 Å². The van der Waals surface area contributed by atoms with Crippen LogP contribution >= 0.6 is 0 Å². The molecule has 0 spiro atoms. The molecule has 0 aliphatic carbocycles. The largest absolute Gasteiger partial charge is 0.453 e. The average molecular weight is 542 g/mol. The molecule has 208 valence electrons. The minimum Gasteiger partial charge on any atom is -0.453 e. The van der Waals surface area contributed by atoms with Crippen molar-refractivity contribution in [3.63, 3.8) is 0 Å². The number of nitrogens with one attached hydrogen (secondary N) is 1. The van der Waals surface area contributed by atoms with Gasteiger partial charge in [-0.25, -0.2) is 19.1 Å². The van der Waals surface area contributed by atoms with Crippen molar-refractivity contribution in [2.24, 2.45) is 0 Å². The summed E-state index contributed by atoms with van der Waals surface area (Å²) in [5, 5.41) is 3.72. The van der Waals surface area contributed by atoms with Gasteiger partial charge in [0, 0.05) is 43.8 Å². The lowest BCUT2D eigenvalue weighted by molar-refractivity contribution is 0.121. The van der Waals surface area contributed by atoms with Gasteiger partial charge in [-0.2, -0.15) is 4.98 Å². The summed E-state index contributed by atoms with van der Waals surface area (Å²) in [7, 11) is 1.41. The van der Waals surface area contributed by atoms with Crippen molar-refractivity contribution < 1.29 is 9.53 Å². The van der Waals surface area contributed by atoms with Gasteiger partial charge in [0.1, 0.15) is 5.39 Å². The van der Waals surface area contributed by atoms with E-state index in [1.165, 1.54) is 7.11 Å². The van der Waals surface area contributed by atoms with Crippen LogP contribution in [-0.4, -0.2) is 63.6 Å². The number of carbonyl (C=O) groups is 1. The number of methoxy groups -OCH3 is 1. The van der Waals surface area contributed by atoms with Crippen LogP contribution in [0.3, 0.4) is 0 Å². The fourth-order valence-corrected chi connectivity index (χ4v) is 4.90. The summed E-state index contributed by atoms with van der Waals surface area (Å²) in [5.41, 5.74) is 4.21. The molecule has 0 bridgehead atoms. The average Bonchev–Trinajstić information content (AvgIpc) is 3.23. The molecule has 2 aromatic heterocycles. The minimum absolute atomic E-state index is 0.0503. The molecule has 1 amide bonds. The predicted octanol–water partition coefficient (Wildman–Crippen LogP) is 4.70. The van der Waals surface area contributed by atoms with Gasteiger partial charge in [0.2, 0.25) is 5.95 Å². The zero-order chi connectivity index (χ0) is 28.4. The number of fused-ring (bicyclic) bond motifs is 1. The third-order valence-electron chi connectivity index (χ3n) is 7.14. The van der Waals surface area contributed by atoms with E-state index in [0.717, 1.165) is 35.7 Å². The number of hydrogen-bond donors (Lipinski definition) is 1. The molecular formula is C30H35N7O3. The fraction of sp³-hybridized carbons (Fsp3) is 0.333. The first-order valence-corrected chi connectivity index (χ1v) is 13.3. The zero-order valence-corrected chi connectivity index (χ0v) is 23.4. The normalized spacial score (nSPS) is 13.9. The highest BCUT2D eigenvalue weighted by molar-refractivity contribution is 5.77. The predicted molar refractivity (Wildman–Crippen MR) is 158 cm³/mol. The molecule has 5 rings (SSSR count). The Morgan fingerprint density at radius 3 is 2.45 bits per heavy atom. The Balaban J connectivity index is 1.42. The lowest BCUT2D eigenvalue weighted by Crippen LogP contribution is -2.48. The van der Waals surface area contributed by atoms with Gasteiger partial charge in [0.25, 0.3) is 5.56 Å². The number of anilines is 3. The maximum Gasteiger partial charge on any atom is 0.409 e. The number of rotatable bonds is 6. The summed E-state index contributed by atoms with van der Waals surface area (Å²) < 4.78 is 8.30. The number of hydrogen-bond acceptors (Lipinski definition) is 7. The number of piperazine rings is 1. The highest BCUT2D eigenvalue weighted by Gasteiger charge is 2.22. The molecular weight excluding hydrogens is 506 g/mol. The van der Waals surface area contributed by atoms with Crippen LogP contribution in [0.15, 0.2) is 72.2 Å². The first-order chi connectivity index (χ1) is 19.2. The Morgan fingerprint density at radius 1 is 1.07 bits per heavy atom. The second kappa shape index (κ2) is 10.9. The van der Waals surface area contributed by atoms with Crippen molar-refractivity contribution in [2.75, 3.05) is 43.5 Å². The molecule has 0 atom stereocenters. The van der Waals surface area contributed by atoms with E-state index in [1.807, 2.05) is 41.1 Å². The number of amides is 1. The second-order valence-corrected chi connectivity index (χ2v) is 10.8. The summed E-state index contributed by atoms with van der Waals surface area (Å²) in [5.74, 6) is 0.392. The number of carbonyl (C=O) groups excluding carboxylic acids is 1. The molecule has 3 heterocycles. The van der Waals surface area contributed by atoms with Gasteiger partial charge < -0.3 is 19.9 Å². The first kappa shape index (κ1) is 27.0. The van der Waals surface area contributed by atoms with Crippen molar-refractivity contribution in [3.05, 3.63) is 83.3 Å². The molecule has 0 unspecified atom stereocenters. The van der Waals surface area contributed by atoms with Crippen molar-refractivity contribution in [2.45, 2.75) is 32.7 Å². The van der Waals surface area contributed by atoms with E-state index >= 15 is 0 Å². The van der Waals surface area contributed by atoms with Gasteiger partial charge >= 0.3 is 6.09 Å². The number of benzene rings is 2. The maximum atomic E-state index is 13.3. The molecule has 1 N–H and O–H groups in total. The van der Waals surface area contributed by atoms with Crippen LogP contribution < -0.4 is 15.8 Å². The van der Waals surface area contributed by atoms with Gasteiger partial charge in [-0.1, -0.05) is 39.0 Å². The van der Waals surface area contributed by atoms with E-state index in [0.29, 0.717) is 36.6 Å². The van der Waals surface area contributed by atoms with E-state index in [-0.39, 0.29) is 17.1 Å².